The lowest BCUT2D eigenvalue weighted by atomic mass is 9.90. The molecule has 0 amide bonds. The summed E-state index contributed by atoms with van der Waals surface area (Å²) in [7, 11) is 0. The van der Waals surface area contributed by atoms with Gasteiger partial charge in [0.2, 0.25) is 0 Å². The molecule has 0 aliphatic heterocycles. The van der Waals surface area contributed by atoms with Gasteiger partial charge in [0.25, 0.3) is 0 Å². The monoisotopic (exact) mass is 334 g/mol. The van der Waals surface area contributed by atoms with Gasteiger partial charge in [-0.1, -0.05) is 38.5 Å². The minimum absolute atomic E-state index is 0.00130. The van der Waals surface area contributed by atoms with Crippen molar-refractivity contribution in [1.82, 2.24) is 0 Å². The van der Waals surface area contributed by atoms with Crippen LogP contribution in [0.2, 0.25) is 0 Å². The molecule has 0 bridgehead atoms. The maximum absolute atomic E-state index is 12.6. The highest BCUT2D eigenvalue weighted by Gasteiger charge is 2.33. The number of likely N-dealkylation sites (N-methyl/N-ethyl adjacent to an activating group) is 1. The Morgan fingerprint density at radius 3 is 2.54 bits per heavy atom. The van der Waals surface area contributed by atoms with Gasteiger partial charge in [0.15, 0.2) is 0 Å². The molecule has 2 atom stereocenters. The van der Waals surface area contributed by atoms with Gasteiger partial charge in [-0.3, -0.25) is 4.79 Å². The molecule has 0 spiro atoms. The summed E-state index contributed by atoms with van der Waals surface area (Å²) in [4.78, 5) is 12.6. The topological polar surface area (TPSA) is 26.3 Å². The van der Waals surface area contributed by atoms with Crippen LogP contribution in [-0.2, 0) is 9.53 Å². The number of rotatable bonds is 9. The van der Waals surface area contributed by atoms with Crippen molar-refractivity contribution in [3.05, 3.63) is 23.3 Å². The number of esters is 1. The Labute approximate surface area is 148 Å². The lowest BCUT2D eigenvalue weighted by molar-refractivity contribution is -0.926. The van der Waals surface area contributed by atoms with Crippen LogP contribution in [0.25, 0.3) is 0 Å². The Morgan fingerprint density at radius 2 is 1.92 bits per heavy atom. The maximum Gasteiger partial charge on any atom is 0.313 e. The Kier molecular flexibility index (Phi) is 7.09. The van der Waals surface area contributed by atoms with E-state index in [1.807, 2.05) is 0 Å². The van der Waals surface area contributed by atoms with Gasteiger partial charge in [0.1, 0.15) is 13.2 Å². The predicted octanol–water partition coefficient (Wildman–Crippen LogP) is 4.49. The lowest BCUT2D eigenvalue weighted by Gasteiger charge is -2.37. The van der Waals surface area contributed by atoms with Gasteiger partial charge in [-0.2, -0.15) is 0 Å². The fourth-order valence-electron chi connectivity index (χ4n) is 4.49. The van der Waals surface area contributed by atoms with Crippen molar-refractivity contribution < 1.29 is 14.0 Å². The molecular formula is C21H36NO2+. The Balaban J connectivity index is 1.88. The zero-order chi connectivity index (χ0) is 17.6. The average Bonchev–Trinajstić information content (AvgIpc) is 2.98. The molecule has 2 aliphatic carbocycles. The fraction of sp³-hybridized carbons (Fsp3) is 0.762. The summed E-state index contributed by atoms with van der Waals surface area (Å²) in [6, 6.07) is 0. The van der Waals surface area contributed by atoms with E-state index in [0.29, 0.717) is 12.5 Å². The molecule has 136 valence electrons. The number of nitrogens with zero attached hydrogens (tertiary/aromatic N) is 1. The van der Waals surface area contributed by atoms with Crippen LogP contribution in [-0.4, -0.2) is 43.2 Å². The van der Waals surface area contributed by atoms with Crippen LogP contribution in [0.15, 0.2) is 23.3 Å². The van der Waals surface area contributed by atoms with Gasteiger partial charge in [-0.25, -0.2) is 0 Å². The first kappa shape index (κ1) is 19.2. The number of hydrogen-bond donors (Lipinski definition) is 0. The van der Waals surface area contributed by atoms with Crippen molar-refractivity contribution >= 4 is 5.97 Å². The maximum atomic E-state index is 12.6. The minimum atomic E-state index is -0.00960. The minimum Gasteiger partial charge on any atom is -0.459 e. The zero-order valence-electron chi connectivity index (χ0n) is 16.1. The summed E-state index contributed by atoms with van der Waals surface area (Å²) in [5.74, 6) is 0.607. The molecule has 0 saturated carbocycles. The van der Waals surface area contributed by atoms with Gasteiger partial charge >= 0.3 is 5.97 Å². The number of ether oxygens (including phenoxy) is 1. The third-order valence-electron chi connectivity index (χ3n) is 5.85. The van der Waals surface area contributed by atoms with Crippen molar-refractivity contribution in [1.29, 1.82) is 0 Å². The van der Waals surface area contributed by atoms with Gasteiger partial charge in [-0.15, -0.1) is 0 Å². The molecule has 2 aliphatic rings. The molecule has 0 fully saturated rings. The standard InChI is InChI=1S/C21H36NO2/c1-5-12-22(7-3,13-6-2)14-15-24-21(23)20-11-9-18-16-17(4)8-10-19(18)20/h8,10,17,20H,5-7,9,11-16H2,1-4H3/q+1. The highest BCUT2D eigenvalue weighted by atomic mass is 16.5. The van der Waals surface area contributed by atoms with Crippen molar-refractivity contribution in [2.75, 3.05) is 32.8 Å². The summed E-state index contributed by atoms with van der Waals surface area (Å²) in [5.41, 5.74) is 2.75. The van der Waals surface area contributed by atoms with E-state index in [2.05, 4.69) is 39.8 Å². The molecule has 0 aromatic carbocycles. The van der Waals surface area contributed by atoms with Crippen molar-refractivity contribution in [2.24, 2.45) is 11.8 Å². The summed E-state index contributed by atoms with van der Waals surface area (Å²) in [6.45, 7) is 14.0. The van der Waals surface area contributed by atoms with E-state index in [4.69, 9.17) is 4.74 Å². The smallest absolute Gasteiger partial charge is 0.313 e. The summed E-state index contributed by atoms with van der Waals surface area (Å²) in [6.07, 6.45) is 9.93. The second kappa shape index (κ2) is 8.84. The van der Waals surface area contributed by atoms with Crippen LogP contribution in [0.5, 0.6) is 0 Å². The van der Waals surface area contributed by atoms with E-state index in [9.17, 15) is 4.79 Å². The summed E-state index contributed by atoms with van der Waals surface area (Å²) >= 11 is 0. The van der Waals surface area contributed by atoms with Crippen LogP contribution in [0.3, 0.4) is 0 Å². The molecule has 0 aromatic rings. The predicted molar refractivity (Wildman–Crippen MR) is 99.6 cm³/mol. The van der Waals surface area contributed by atoms with Crippen LogP contribution < -0.4 is 0 Å². The van der Waals surface area contributed by atoms with E-state index in [0.717, 1.165) is 36.8 Å². The Hall–Kier alpha value is -1.09. The first-order valence-electron chi connectivity index (χ1n) is 9.97. The molecular weight excluding hydrogens is 298 g/mol. The summed E-state index contributed by atoms with van der Waals surface area (Å²) < 4.78 is 6.81. The van der Waals surface area contributed by atoms with Crippen molar-refractivity contribution in [2.45, 2.75) is 59.8 Å². The highest BCUT2D eigenvalue weighted by Crippen LogP contribution is 2.40. The molecule has 3 heteroatoms. The third-order valence-corrected chi connectivity index (χ3v) is 5.85. The van der Waals surface area contributed by atoms with Gasteiger partial charge in [-0.05, 0) is 50.5 Å². The molecule has 24 heavy (non-hydrogen) atoms. The second-order valence-electron chi connectivity index (χ2n) is 7.69. The van der Waals surface area contributed by atoms with Crippen molar-refractivity contribution in [3.63, 3.8) is 0 Å². The van der Waals surface area contributed by atoms with E-state index >= 15 is 0 Å². The molecule has 0 heterocycles. The van der Waals surface area contributed by atoms with Gasteiger partial charge in [0, 0.05) is 0 Å². The van der Waals surface area contributed by atoms with Crippen LogP contribution in [0, 0.1) is 11.8 Å². The van der Waals surface area contributed by atoms with E-state index in [1.54, 1.807) is 0 Å². The molecule has 0 radical (unpaired) electrons. The average molecular weight is 335 g/mol. The Morgan fingerprint density at radius 1 is 1.21 bits per heavy atom. The van der Waals surface area contributed by atoms with Gasteiger partial charge < -0.3 is 9.22 Å². The SMILES string of the molecule is CCC[N+](CC)(CCC)CCOC(=O)C1CCC2=C1C=CC(C)C2. The normalized spacial score (nSPS) is 23.5. The largest absolute Gasteiger partial charge is 0.459 e. The lowest BCUT2D eigenvalue weighted by Crippen LogP contribution is -2.51. The number of carbonyl (C=O) groups is 1. The number of carbonyl (C=O) groups excluding carboxylic acids is 1. The highest BCUT2D eigenvalue weighted by molar-refractivity contribution is 5.78. The zero-order valence-corrected chi connectivity index (χ0v) is 16.1. The van der Waals surface area contributed by atoms with E-state index < -0.39 is 0 Å². The van der Waals surface area contributed by atoms with E-state index in [1.165, 1.54) is 37.1 Å². The molecule has 0 aromatic heterocycles. The summed E-state index contributed by atoms with van der Waals surface area (Å²) in [5, 5.41) is 0. The first-order chi connectivity index (χ1) is 11.5. The van der Waals surface area contributed by atoms with Crippen molar-refractivity contribution in [3.8, 4) is 0 Å². The van der Waals surface area contributed by atoms with E-state index in [-0.39, 0.29) is 11.9 Å². The van der Waals surface area contributed by atoms with Crippen LogP contribution in [0.1, 0.15) is 59.8 Å². The molecule has 0 N–H and O–H groups in total. The quantitative estimate of drug-likeness (QED) is 0.459. The number of hydrogen-bond acceptors (Lipinski definition) is 2. The van der Waals surface area contributed by atoms with Gasteiger partial charge in [0.05, 0.1) is 25.6 Å². The molecule has 2 unspecified atom stereocenters. The van der Waals surface area contributed by atoms with Crippen LogP contribution >= 0.6 is 0 Å². The molecule has 0 saturated heterocycles. The molecule has 3 nitrogen and oxygen atoms in total. The second-order valence-corrected chi connectivity index (χ2v) is 7.69. The third kappa shape index (κ3) is 4.50. The van der Waals surface area contributed by atoms with Crippen LogP contribution in [0.4, 0.5) is 0 Å². The Bertz CT molecular complexity index is 486. The number of allylic oxidation sites excluding steroid dienone is 3. The number of quaternary nitrogens is 1. The first-order valence-corrected chi connectivity index (χ1v) is 9.97. The molecule has 2 rings (SSSR count). The fourth-order valence-corrected chi connectivity index (χ4v) is 4.49.